The molecule has 0 unspecified atom stereocenters. The van der Waals surface area contributed by atoms with Crippen LogP contribution in [0.2, 0.25) is 0 Å². The van der Waals surface area contributed by atoms with Crippen LogP contribution in [-0.4, -0.2) is 15.0 Å². The average Bonchev–Trinajstić information content (AvgIpc) is 2.62. The molecule has 0 aliphatic heterocycles. The van der Waals surface area contributed by atoms with Crippen LogP contribution in [0.3, 0.4) is 0 Å². The van der Waals surface area contributed by atoms with Crippen molar-refractivity contribution in [2.24, 2.45) is 0 Å². The Morgan fingerprint density at radius 1 is 0.870 bits per heavy atom. The highest BCUT2D eigenvalue weighted by Gasteiger charge is 2.12. The molecule has 0 amide bonds. The number of rotatable bonds is 2. The van der Waals surface area contributed by atoms with Gasteiger partial charge in [-0.05, 0) is 61.4 Å². The van der Waals surface area contributed by atoms with Crippen LogP contribution in [0.4, 0.5) is 0 Å². The molecule has 1 aliphatic carbocycles. The van der Waals surface area contributed by atoms with Gasteiger partial charge in [-0.1, -0.05) is 24.3 Å². The molecule has 0 radical (unpaired) electrons. The van der Waals surface area contributed by atoms with Gasteiger partial charge in [-0.3, -0.25) is 0 Å². The molecule has 2 heterocycles. The van der Waals surface area contributed by atoms with Crippen molar-refractivity contribution in [1.29, 1.82) is 0 Å². The molecule has 0 spiro atoms. The molecule has 23 heavy (non-hydrogen) atoms. The van der Waals surface area contributed by atoms with Crippen LogP contribution in [0.25, 0.3) is 22.6 Å². The lowest BCUT2D eigenvalue weighted by Crippen LogP contribution is -2.02. The Balaban J connectivity index is 1.72. The topological polar surface area (TPSA) is 38.7 Å². The van der Waals surface area contributed by atoms with Crippen LogP contribution < -0.4 is 0 Å². The highest BCUT2D eigenvalue weighted by atomic mass is 14.9. The third-order valence-electron chi connectivity index (χ3n) is 4.54. The molecule has 0 atom stereocenters. The summed E-state index contributed by atoms with van der Waals surface area (Å²) >= 11 is 0. The Hall–Kier alpha value is -2.55. The normalized spacial score (nSPS) is 13.6. The van der Waals surface area contributed by atoms with Crippen LogP contribution in [0, 0.1) is 6.92 Å². The first kappa shape index (κ1) is 14.1. The SMILES string of the molecule is Cc1nc(-c2ncccn2)ccc1-c1ccc2c(c1)CCCC2. The molecule has 3 nitrogen and oxygen atoms in total. The van der Waals surface area contributed by atoms with Crippen LogP contribution in [-0.2, 0) is 12.8 Å². The average molecular weight is 301 g/mol. The summed E-state index contributed by atoms with van der Waals surface area (Å²) < 4.78 is 0. The van der Waals surface area contributed by atoms with Crippen LogP contribution in [0.1, 0.15) is 29.7 Å². The highest BCUT2D eigenvalue weighted by molar-refractivity contribution is 5.69. The molecular formula is C20H19N3. The van der Waals surface area contributed by atoms with Crippen LogP contribution in [0.5, 0.6) is 0 Å². The largest absolute Gasteiger partial charge is 0.249 e. The predicted octanol–water partition coefficient (Wildman–Crippen LogP) is 4.39. The smallest absolute Gasteiger partial charge is 0.178 e. The summed E-state index contributed by atoms with van der Waals surface area (Å²) in [5.74, 6) is 0.674. The van der Waals surface area contributed by atoms with E-state index in [4.69, 9.17) is 4.98 Å². The van der Waals surface area contributed by atoms with Gasteiger partial charge in [0.05, 0.1) is 0 Å². The lowest BCUT2D eigenvalue weighted by atomic mass is 9.89. The molecule has 0 N–H and O–H groups in total. The number of benzene rings is 1. The fourth-order valence-corrected chi connectivity index (χ4v) is 3.32. The molecular weight excluding hydrogens is 282 g/mol. The summed E-state index contributed by atoms with van der Waals surface area (Å²) in [6.07, 6.45) is 8.53. The fraction of sp³-hybridized carbons (Fsp3) is 0.250. The number of hydrogen-bond donors (Lipinski definition) is 0. The zero-order valence-electron chi connectivity index (χ0n) is 13.3. The summed E-state index contributed by atoms with van der Waals surface area (Å²) in [5.41, 5.74) is 7.31. The number of aryl methyl sites for hydroxylation is 3. The van der Waals surface area contributed by atoms with Crippen LogP contribution in [0.15, 0.2) is 48.8 Å². The number of nitrogens with zero attached hydrogens (tertiary/aromatic N) is 3. The molecule has 2 aromatic heterocycles. The van der Waals surface area contributed by atoms with Gasteiger partial charge in [0, 0.05) is 23.7 Å². The maximum absolute atomic E-state index is 4.71. The van der Waals surface area contributed by atoms with E-state index in [9.17, 15) is 0 Å². The van der Waals surface area contributed by atoms with Gasteiger partial charge in [0.2, 0.25) is 0 Å². The van der Waals surface area contributed by atoms with E-state index < -0.39 is 0 Å². The Morgan fingerprint density at radius 2 is 1.65 bits per heavy atom. The van der Waals surface area contributed by atoms with Crippen molar-refractivity contribution in [3.63, 3.8) is 0 Å². The van der Waals surface area contributed by atoms with Crippen molar-refractivity contribution in [3.8, 4) is 22.6 Å². The first-order valence-corrected chi connectivity index (χ1v) is 8.18. The molecule has 3 aromatic rings. The molecule has 1 aliphatic rings. The lowest BCUT2D eigenvalue weighted by Gasteiger charge is -2.17. The Labute approximate surface area is 136 Å². The van der Waals surface area contributed by atoms with E-state index >= 15 is 0 Å². The van der Waals surface area contributed by atoms with Gasteiger partial charge in [-0.25, -0.2) is 15.0 Å². The minimum Gasteiger partial charge on any atom is -0.249 e. The van der Waals surface area contributed by atoms with Crippen molar-refractivity contribution in [2.75, 3.05) is 0 Å². The fourth-order valence-electron chi connectivity index (χ4n) is 3.32. The molecule has 3 heteroatoms. The maximum Gasteiger partial charge on any atom is 0.178 e. The number of pyridine rings is 1. The number of fused-ring (bicyclic) bond motifs is 1. The van der Waals surface area contributed by atoms with E-state index in [2.05, 4.69) is 41.2 Å². The second-order valence-corrected chi connectivity index (χ2v) is 6.09. The zero-order valence-corrected chi connectivity index (χ0v) is 13.3. The van der Waals surface area contributed by atoms with Gasteiger partial charge >= 0.3 is 0 Å². The summed E-state index contributed by atoms with van der Waals surface area (Å²) in [6.45, 7) is 2.06. The molecule has 4 rings (SSSR count). The van der Waals surface area contributed by atoms with Crippen molar-refractivity contribution >= 4 is 0 Å². The molecule has 0 saturated heterocycles. The summed E-state index contributed by atoms with van der Waals surface area (Å²) in [7, 11) is 0. The number of hydrogen-bond acceptors (Lipinski definition) is 3. The van der Waals surface area contributed by atoms with Gasteiger partial charge < -0.3 is 0 Å². The standard InChI is InChI=1S/C20H19N3/c1-14-18(9-10-19(23-14)20-21-11-4-12-22-20)17-8-7-15-5-2-3-6-16(15)13-17/h4,7-13H,2-3,5-6H2,1H3. The van der Waals surface area contributed by atoms with E-state index in [0.717, 1.165) is 11.4 Å². The number of aromatic nitrogens is 3. The van der Waals surface area contributed by atoms with Crippen molar-refractivity contribution in [2.45, 2.75) is 32.6 Å². The van der Waals surface area contributed by atoms with Crippen LogP contribution >= 0.6 is 0 Å². The summed E-state index contributed by atoms with van der Waals surface area (Å²) in [4.78, 5) is 13.3. The Bertz CT molecular complexity index is 841. The van der Waals surface area contributed by atoms with E-state index in [1.54, 1.807) is 12.4 Å². The first-order valence-electron chi connectivity index (χ1n) is 8.18. The van der Waals surface area contributed by atoms with Gasteiger partial charge in [-0.2, -0.15) is 0 Å². The van der Waals surface area contributed by atoms with Crippen molar-refractivity contribution in [3.05, 3.63) is 65.6 Å². The third-order valence-corrected chi connectivity index (χ3v) is 4.54. The van der Waals surface area contributed by atoms with E-state index in [1.165, 1.54) is 47.9 Å². The second-order valence-electron chi connectivity index (χ2n) is 6.09. The van der Waals surface area contributed by atoms with Crippen molar-refractivity contribution in [1.82, 2.24) is 15.0 Å². The lowest BCUT2D eigenvalue weighted by molar-refractivity contribution is 0.686. The molecule has 1 aromatic carbocycles. The third kappa shape index (κ3) is 2.74. The summed E-state index contributed by atoms with van der Waals surface area (Å²) in [6, 6.07) is 12.8. The molecule has 0 bridgehead atoms. The zero-order chi connectivity index (χ0) is 15.6. The molecule has 0 saturated carbocycles. The Morgan fingerprint density at radius 3 is 2.43 bits per heavy atom. The minimum atomic E-state index is 0.674. The second kappa shape index (κ2) is 5.92. The summed E-state index contributed by atoms with van der Waals surface area (Å²) in [5, 5.41) is 0. The minimum absolute atomic E-state index is 0.674. The van der Waals surface area contributed by atoms with Gasteiger partial charge in [-0.15, -0.1) is 0 Å². The predicted molar refractivity (Wildman–Crippen MR) is 92.1 cm³/mol. The van der Waals surface area contributed by atoms with E-state index in [1.807, 2.05) is 12.1 Å². The van der Waals surface area contributed by atoms with Gasteiger partial charge in [0.15, 0.2) is 5.82 Å². The quantitative estimate of drug-likeness (QED) is 0.704. The maximum atomic E-state index is 4.71. The van der Waals surface area contributed by atoms with Gasteiger partial charge in [0.1, 0.15) is 5.69 Å². The monoisotopic (exact) mass is 301 g/mol. The van der Waals surface area contributed by atoms with Gasteiger partial charge in [0.25, 0.3) is 0 Å². The molecule has 114 valence electrons. The molecule has 0 fully saturated rings. The Kier molecular flexibility index (Phi) is 3.62. The highest BCUT2D eigenvalue weighted by Crippen LogP contribution is 2.29. The van der Waals surface area contributed by atoms with E-state index in [-0.39, 0.29) is 0 Å². The van der Waals surface area contributed by atoms with Crippen molar-refractivity contribution < 1.29 is 0 Å². The van der Waals surface area contributed by atoms with E-state index in [0.29, 0.717) is 5.82 Å². The first-order chi connectivity index (χ1) is 11.3.